The molecule has 4 N–H and O–H groups in total. The van der Waals surface area contributed by atoms with Crippen LogP contribution in [0.15, 0.2) is 12.3 Å². The zero-order chi connectivity index (χ0) is 10.6. The van der Waals surface area contributed by atoms with Crippen molar-refractivity contribution in [1.29, 1.82) is 0 Å². The second-order valence-corrected chi connectivity index (χ2v) is 3.20. The van der Waals surface area contributed by atoms with Gasteiger partial charge < -0.3 is 15.9 Å². The fraction of sp³-hybridized carbons (Fsp3) is 0.500. The van der Waals surface area contributed by atoms with Crippen molar-refractivity contribution in [3.63, 3.8) is 0 Å². The lowest BCUT2D eigenvalue weighted by atomic mass is 10.0. The van der Waals surface area contributed by atoms with Crippen LogP contribution in [0.3, 0.4) is 0 Å². The summed E-state index contributed by atoms with van der Waals surface area (Å²) in [6.07, 6.45) is 4.82. The maximum absolute atomic E-state index is 8.89. The SMILES string of the molecule is Cn1cc(/C=C/C(N)(CO)CO)nn1. The van der Waals surface area contributed by atoms with Crippen LogP contribution in [-0.2, 0) is 7.05 Å². The van der Waals surface area contributed by atoms with Crippen LogP contribution in [-0.4, -0.2) is 44.0 Å². The number of hydrogen-bond acceptors (Lipinski definition) is 5. The maximum atomic E-state index is 8.89. The molecule has 14 heavy (non-hydrogen) atoms. The summed E-state index contributed by atoms with van der Waals surface area (Å²) in [6, 6.07) is 0. The predicted octanol–water partition coefficient (Wildman–Crippen LogP) is -1.49. The van der Waals surface area contributed by atoms with Gasteiger partial charge in [-0.1, -0.05) is 11.3 Å². The van der Waals surface area contributed by atoms with E-state index >= 15 is 0 Å². The van der Waals surface area contributed by atoms with Gasteiger partial charge in [0.05, 0.1) is 24.9 Å². The number of rotatable bonds is 4. The molecule has 6 heteroatoms. The lowest BCUT2D eigenvalue weighted by Crippen LogP contribution is -2.45. The topological polar surface area (TPSA) is 97.2 Å². The minimum atomic E-state index is -1.10. The van der Waals surface area contributed by atoms with Crippen LogP contribution in [0.5, 0.6) is 0 Å². The van der Waals surface area contributed by atoms with E-state index < -0.39 is 5.54 Å². The second-order valence-electron chi connectivity index (χ2n) is 3.20. The molecule has 0 bridgehead atoms. The van der Waals surface area contributed by atoms with Crippen LogP contribution >= 0.6 is 0 Å². The summed E-state index contributed by atoms with van der Waals surface area (Å²) in [6.45, 7) is -0.638. The lowest BCUT2D eigenvalue weighted by molar-refractivity contribution is 0.152. The molecule has 0 atom stereocenters. The molecule has 6 nitrogen and oxygen atoms in total. The molecule has 0 aliphatic carbocycles. The number of nitrogens with zero attached hydrogens (tertiary/aromatic N) is 3. The van der Waals surface area contributed by atoms with Crippen molar-refractivity contribution < 1.29 is 10.2 Å². The van der Waals surface area contributed by atoms with Gasteiger partial charge in [0, 0.05) is 7.05 Å². The van der Waals surface area contributed by atoms with Gasteiger partial charge in [-0.2, -0.15) is 0 Å². The zero-order valence-corrected chi connectivity index (χ0v) is 7.96. The average Bonchev–Trinajstić information content (AvgIpc) is 2.61. The fourth-order valence-corrected chi connectivity index (χ4v) is 0.848. The molecule has 0 aliphatic heterocycles. The van der Waals surface area contributed by atoms with Crippen LogP contribution in [0, 0.1) is 0 Å². The largest absolute Gasteiger partial charge is 0.394 e. The van der Waals surface area contributed by atoms with Gasteiger partial charge in [-0.25, -0.2) is 0 Å². The summed E-state index contributed by atoms with van der Waals surface area (Å²) < 4.78 is 1.55. The fourth-order valence-electron chi connectivity index (χ4n) is 0.848. The highest BCUT2D eigenvalue weighted by Gasteiger charge is 2.18. The lowest BCUT2D eigenvalue weighted by Gasteiger charge is -2.19. The molecule has 0 aromatic carbocycles. The van der Waals surface area contributed by atoms with Crippen molar-refractivity contribution in [2.45, 2.75) is 5.54 Å². The molecule has 1 aromatic heterocycles. The normalized spacial score (nSPS) is 12.6. The van der Waals surface area contributed by atoms with Crippen molar-refractivity contribution in [2.75, 3.05) is 13.2 Å². The molecular weight excluding hydrogens is 184 g/mol. The van der Waals surface area contributed by atoms with Crippen molar-refractivity contribution in [1.82, 2.24) is 15.0 Å². The summed E-state index contributed by atoms with van der Waals surface area (Å²) in [5, 5.41) is 25.3. The highest BCUT2D eigenvalue weighted by molar-refractivity contribution is 5.44. The van der Waals surface area contributed by atoms with Crippen LogP contribution in [0.25, 0.3) is 6.08 Å². The summed E-state index contributed by atoms with van der Waals surface area (Å²) in [4.78, 5) is 0. The molecule has 0 aliphatic rings. The number of aryl methyl sites for hydroxylation is 1. The van der Waals surface area contributed by atoms with Gasteiger partial charge in [-0.3, -0.25) is 4.68 Å². The van der Waals surface area contributed by atoms with E-state index in [4.69, 9.17) is 15.9 Å². The smallest absolute Gasteiger partial charge is 0.105 e. The minimum Gasteiger partial charge on any atom is -0.394 e. The molecule has 0 unspecified atom stereocenters. The quantitative estimate of drug-likeness (QED) is 0.547. The van der Waals surface area contributed by atoms with Crippen LogP contribution in [0.4, 0.5) is 0 Å². The summed E-state index contributed by atoms with van der Waals surface area (Å²) in [5.74, 6) is 0. The number of nitrogens with two attached hydrogens (primary N) is 1. The monoisotopic (exact) mass is 198 g/mol. The average molecular weight is 198 g/mol. The molecule has 0 spiro atoms. The number of aromatic nitrogens is 3. The number of aliphatic hydroxyl groups excluding tert-OH is 2. The summed E-state index contributed by atoms with van der Waals surface area (Å²) in [7, 11) is 1.75. The molecule has 0 fully saturated rings. The van der Waals surface area contributed by atoms with Gasteiger partial charge in [0.25, 0.3) is 0 Å². The molecule has 0 amide bonds. The maximum Gasteiger partial charge on any atom is 0.105 e. The van der Waals surface area contributed by atoms with E-state index in [9.17, 15) is 0 Å². The zero-order valence-electron chi connectivity index (χ0n) is 7.96. The Labute approximate surface area is 81.7 Å². The van der Waals surface area contributed by atoms with Crippen LogP contribution in [0.1, 0.15) is 5.69 Å². The molecule has 0 saturated heterocycles. The highest BCUT2D eigenvalue weighted by Crippen LogP contribution is 2.04. The Balaban J connectivity index is 2.72. The first kappa shape index (κ1) is 10.8. The van der Waals surface area contributed by atoms with E-state index in [0.717, 1.165) is 0 Å². The minimum absolute atomic E-state index is 0.319. The molecule has 1 heterocycles. The Hall–Kier alpha value is -1.24. The first-order valence-corrected chi connectivity index (χ1v) is 4.16. The molecule has 1 aromatic rings. The Morgan fingerprint density at radius 2 is 2.21 bits per heavy atom. The molecular formula is C8H14N4O2. The van der Waals surface area contributed by atoms with Crippen molar-refractivity contribution >= 4 is 6.08 Å². The van der Waals surface area contributed by atoms with Gasteiger partial charge in [-0.05, 0) is 6.08 Å². The van der Waals surface area contributed by atoms with E-state index in [1.54, 1.807) is 24.0 Å². The Kier molecular flexibility index (Phi) is 3.34. The summed E-state index contributed by atoms with van der Waals surface area (Å²) in [5.41, 5.74) is 5.14. The Morgan fingerprint density at radius 3 is 2.64 bits per heavy atom. The van der Waals surface area contributed by atoms with E-state index in [1.807, 2.05) is 0 Å². The molecule has 0 saturated carbocycles. The Bertz CT molecular complexity index is 317. The van der Waals surface area contributed by atoms with E-state index in [1.165, 1.54) is 6.08 Å². The third-order valence-corrected chi connectivity index (χ3v) is 1.80. The van der Waals surface area contributed by atoms with Crippen LogP contribution < -0.4 is 5.73 Å². The number of aliphatic hydroxyl groups is 2. The highest BCUT2D eigenvalue weighted by atomic mass is 16.3. The van der Waals surface area contributed by atoms with Crippen molar-refractivity contribution in [3.05, 3.63) is 18.0 Å². The first-order chi connectivity index (χ1) is 6.59. The van der Waals surface area contributed by atoms with Gasteiger partial charge >= 0.3 is 0 Å². The molecule has 1 rings (SSSR count). The van der Waals surface area contributed by atoms with E-state index in [0.29, 0.717) is 5.69 Å². The first-order valence-electron chi connectivity index (χ1n) is 4.16. The van der Waals surface area contributed by atoms with Gasteiger partial charge in [0.2, 0.25) is 0 Å². The molecule has 0 radical (unpaired) electrons. The third kappa shape index (κ3) is 2.63. The molecule has 78 valence electrons. The van der Waals surface area contributed by atoms with Crippen LogP contribution in [0.2, 0.25) is 0 Å². The van der Waals surface area contributed by atoms with Gasteiger partial charge in [0.15, 0.2) is 0 Å². The predicted molar refractivity (Wildman–Crippen MR) is 51.1 cm³/mol. The Morgan fingerprint density at radius 1 is 1.57 bits per heavy atom. The van der Waals surface area contributed by atoms with Gasteiger partial charge in [0.1, 0.15) is 5.69 Å². The number of hydrogen-bond donors (Lipinski definition) is 3. The standard InChI is InChI=1S/C8H14N4O2/c1-12-4-7(10-11-12)2-3-8(9,5-13)6-14/h2-4,13-14H,5-6,9H2,1H3/b3-2+. The van der Waals surface area contributed by atoms with Crippen molar-refractivity contribution in [2.24, 2.45) is 12.8 Å². The van der Waals surface area contributed by atoms with Crippen molar-refractivity contribution in [3.8, 4) is 0 Å². The van der Waals surface area contributed by atoms with Gasteiger partial charge in [-0.15, -0.1) is 5.10 Å². The van der Waals surface area contributed by atoms with E-state index in [-0.39, 0.29) is 13.2 Å². The third-order valence-electron chi connectivity index (χ3n) is 1.80. The second kappa shape index (κ2) is 4.32. The summed E-state index contributed by atoms with van der Waals surface area (Å²) >= 11 is 0. The van der Waals surface area contributed by atoms with E-state index in [2.05, 4.69) is 10.3 Å².